The number of halogens is 1. The second kappa shape index (κ2) is 5.50. The number of pyridine rings is 1. The normalized spacial score (nSPS) is 18.4. The van der Waals surface area contributed by atoms with Crippen LogP contribution < -0.4 is 10.6 Å². The topological polar surface area (TPSA) is 54.0 Å². The molecule has 104 valence electrons. The van der Waals surface area contributed by atoms with Crippen LogP contribution >= 0.6 is 15.9 Å². The minimum Gasteiger partial charge on any atom is -0.348 e. The third kappa shape index (κ3) is 2.69. The van der Waals surface area contributed by atoms with Crippen molar-refractivity contribution in [2.24, 2.45) is 0 Å². The Morgan fingerprint density at radius 1 is 1.45 bits per heavy atom. The molecule has 2 heterocycles. The maximum Gasteiger partial charge on any atom is 0.252 e. The van der Waals surface area contributed by atoms with Gasteiger partial charge in [-0.3, -0.25) is 9.78 Å². The quantitative estimate of drug-likeness (QED) is 0.887. The van der Waals surface area contributed by atoms with Gasteiger partial charge in [0.2, 0.25) is 0 Å². The number of carbonyl (C=O) groups excluding carboxylic acids is 1. The average molecular weight is 334 g/mol. The number of aryl methyl sites for hydroxylation is 1. The van der Waals surface area contributed by atoms with Crippen LogP contribution in [0.15, 0.2) is 28.7 Å². The molecule has 1 fully saturated rings. The van der Waals surface area contributed by atoms with Crippen molar-refractivity contribution in [3.8, 4) is 0 Å². The molecule has 1 amide bonds. The summed E-state index contributed by atoms with van der Waals surface area (Å²) in [6.45, 7) is 3.72. The fraction of sp³-hybridized carbons (Fsp3) is 0.333. The predicted molar refractivity (Wildman–Crippen MR) is 82.9 cm³/mol. The SMILES string of the molecule is Cc1cc(C(=O)NC2CCNC2)c2ccc(Br)cc2n1. The molecule has 0 radical (unpaired) electrons. The lowest BCUT2D eigenvalue weighted by atomic mass is 10.1. The zero-order chi connectivity index (χ0) is 14.1. The number of carbonyl (C=O) groups is 1. The number of benzene rings is 1. The number of rotatable bonds is 2. The molecule has 1 aromatic carbocycles. The zero-order valence-electron chi connectivity index (χ0n) is 11.2. The average Bonchev–Trinajstić information content (AvgIpc) is 2.90. The van der Waals surface area contributed by atoms with Gasteiger partial charge in [0.15, 0.2) is 0 Å². The molecular weight excluding hydrogens is 318 g/mol. The van der Waals surface area contributed by atoms with Crippen LogP contribution in [0.3, 0.4) is 0 Å². The molecule has 2 N–H and O–H groups in total. The lowest BCUT2D eigenvalue weighted by molar-refractivity contribution is 0.0941. The smallest absolute Gasteiger partial charge is 0.252 e. The molecule has 0 bridgehead atoms. The van der Waals surface area contributed by atoms with Gasteiger partial charge in [-0.15, -0.1) is 0 Å². The number of hydrogen-bond acceptors (Lipinski definition) is 3. The second-order valence-electron chi connectivity index (χ2n) is 5.14. The molecule has 0 spiro atoms. The van der Waals surface area contributed by atoms with Crippen LogP contribution in [0.5, 0.6) is 0 Å². The van der Waals surface area contributed by atoms with E-state index < -0.39 is 0 Å². The summed E-state index contributed by atoms with van der Waals surface area (Å²) in [7, 11) is 0. The number of hydrogen-bond donors (Lipinski definition) is 2. The molecule has 20 heavy (non-hydrogen) atoms. The van der Waals surface area contributed by atoms with Crippen LogP contribution in [-0.2, 0) is 0 Å². The van der Waals surface area contributed by atoms with Crippen LogP contribution in [0.4, 0.5) is 0 Å². The molecular formula is C15H16BrN3O. The van der Waals surface area contributed by atoms with Gasteiger partial charge in [-0.2, -0.15) is 0 Å². The van der Waals surface area contributed by atoms with Crippen LogP contribution in [-0.4, -0.2) is 30.0 Å². The van der Waals surface area contributed by atoms with E-state index in [0.29, 0.717) is 5.56 Å². The van der Waals surface area contributed by atoms with Gasteiger partial charge < -0.3 is 10.6 Å². The molecule has 1 unspecified atom stereocenters. The molecule has 1 aliphatic rings. The van der Waals surface area contributed by atoms with Gasteiger partial charge in [-0.25, -0.2) is 0 Å². The number of aromatic nitrogens is 1. The molecule has 1 saturated heterocycles. The van der Waals surface area contributed by atoms with Crippen LogP contribution in [0.2, 0.25) is 0 Å². The van der Waals surface area contributed by atoms with Crippen molar-refractivity contribution in [3.63, 3.8) is 0 Å². The molecule has 0 aliphatic carbocycles. The maximum absolute atomic E-state index is 12.5. The van der Waals surface area contributed by atoms with Crippen molar-refractivity contribution in [2.45, 2.75) is 19.4 Å². The van der Waals surface area contributed by atoms with Crippen molar-refractivity contribution in [1.82, 2.24) is 15.6 Å². The summed E-state index contributed by atoms with van der Waals surface area (Å²) in [5.41, 5.74) is 2.39. The van der Waals surface area contributed by atoms with Gasteiger partial charge in [0.1, 0.15) is 0 Å². The Kier molecular flexibility index (Phi) is 3.72. The molecule has 1 aromatic heterocycles. The lowest BCUT2D eigenvalue weighted by Gasteiger charge is -2.13. The van der Waals surface area contributed by atoms with Gasteiger partial charge in [0.25, 0.3) is 5.91 Å². The highest BCUT2D eigenvalue weighted by Crippen LogP contribution is 2.22. The zero-order valence-corrected chi connectivity index (χ0v) is 12.8. The second-order valence-corrected chi connectivity index (χ2v) is 6.05. The van der Waals surface area contributed by atoms with Gasteiger partial charge in [-0.05, 0) is 38.1 Å². The number of amides is 1. The van der Waals surface area contributed by atoms with E-state index in [1.54, 1.807) is 0 Å². The molecule has 1 atom stereocenters. The Morgan fingerprint density at radius 2 is 2.30 bits per heavy atom. The summed E-state index contributed by atoms with van der Waals surface area (Å²) >= 11 is 3.44. The summed E-state index contributed by atoms with van der Waals surface area (Å²) in [6, 6.07) is 7.90. The van der Waals surface area contributed by atoms with E-state index in [-0.39, 0.29) is 11.9 Å². The van der Waals surface area contributed by atoms with Crippen molar-refractivity contribution >= 4 is 32.7 Å². The van der Waals surface area contributed by atoms with E-state index in [4.69, 9.17) is 0 Å². The first-order valence-corrected chi connectivity index (χ1v) is 7.51. The van der Waals surface area contributed by atoms with Crippen LogP contribution in [0, 0.1) is 6.92 Å². The van der Waals surface area contributed by atoms with Gasteiger partial charge >= 0.3 is 0 Å². The fourth-order valence-electron chi connectivity index (χ4n) is 2.56. The van der Waals surface area contributed by atoms with Crippen molar-refractivity contribution < 1.29 is 4.79 Å². The Morgan fingerprint density at radius 3 is 3.05 bits per heavy atom. The molecule has 3 rings (SSSR count). The van der Waals surface area contributed by atoms with E-state index in [9.17, 15) is 4.79 Å². The first-order chi connectivity index (χ1) is 9.63. The van der Waals surface area contributed by atoms with Gasteiger partial charge in [-0.1, -0.05) is 22.0 Å². The molecule has 5 heteroatoms. The van der Waals surface area contributed by atoms with Crippen LogP contribution in [0.25, 0.3) is 10.9 Å². The fourth-order valence-corrected chi connectivity index (χ4v) is 2.91. The lowest BCUT2D eigenvalue weighted by Crippen LogP contribution is -2.36. The largest absolute Gasteiger partial charge is 0.348 e. The van der Waals surface area contributed by atoms with E-state index in [1.807, 2.05) is 31.2 Å². The monoisotopic (exact) mass is 333 g/mol. The number of nitrogens with one attached hydrogen (secondary N) is 2. The first-order valence-electron chi connectivity index (χ1n) is 6.72. The highest BCUT2D eigenvalue weighted by molar-refractivity contribution is 9.10. The van der Waals surface area contributed by atoms with Gasteiger partial charge in [0.05, 0.1) is 11.1 Å². The Labute approximate surface area is 126 Å². The van der Waals surface area contributed by atoms with E-state index in [2.05, 4.69) is 31.5 Å². The summed E-state index contributed by atoms with van der Waals surface area (Å²) in [4.78, 5) is 17.0. The van der Waals surface area contributed by atoms with Crippen molar-refractivity contribution in [2.75, 3.05) is 13.1 Å². The Hall–Kier alpha value is -1.46. The summed E-state index contributed by atoms with van der Waals surface area (Å²) in [5, 5.41) is 7.23. The molecule has 1 aliphatic heterocycles. The molecule has 0 saturated carbocycles. The van der Waals surface area contributed by atoms with Crippen molar-refractivity contribution in [1.29, 1.82) is 0 Å². The Bertz CT molecular complexity index is 660. The summed E-state index contributed by atoms with van der Waals surface area (Å²) in [5.74, 6) is -0.0171. The van der Waals surface area contributed by atoms with Crippen molar-refractivity contribution in [3.05, 3.63) is 40.0 Å². The number of fused-ring (bicyclic) bond motifs is 1. The third-order valence-corrected chi connectivity index (χ3v) is 4.03. The standard InChI is InChI=1S/C15H16BrN3O/c1-9-6-13(15(20)19-11-4-5-17-8-11)12-3-2-10(16)7-14(12)18-9/h2-3,6-7,11,17H,4-5,8H2,1H3,(H,19,20). The van der Waals surface area contributed by atoms with E-state index in [0.717, 1.165) is 40.6 Å². The number of nitrogens with zero attached hydrogens (tertiary/aromatic N) is 1. The van der Waals surface area contributed by atoms with Crippen LogP contribution in [0.1, 0.15) is 22.5 Å². The highest BCUT2D eigenvalue weighted by Gasteiger charge is 2.19. The summed E-state index contributed by atoms with van der Waals surface area (Å²) in [6.07, 6.45) is 0.985. The Balaban J connectivity index is 1.99. The van der Waals surface area contributed by atoms with E-state index >= 15 is 0 Å². The molecule has 2 aromatic rings. The first kappa shape index (κ1) is 13.5. The van der Waals surface area contributed by atoms with Gasteiger partial charge in [0, 0.05) is 28.1 Å². The third-order valence-electron chi connectivity index (χ3n) is 3.54. The molecule has 4 nitrogen and oxygen atoms in total. The van der Waals surface area contributed by atoms with E-state index in [1.165, 1.54) is 0 Å². The highest BCUT2D eigenvalue weighted by atomic mass is 79.9. The summed E-state index contributed by atoms with van der Waals surface area (Å²) < 4.78 is 0.967. The minimum atomic E-state index is -0.0171. The minimum absolute atomic E-state index is 0.0171. The predicted octanol–water partition coefficient (Wildman–Crippen LogP) is 2.40. The maximum atomic E-state index is 12.5.